The standard InChI is InChI=1S/C11H8FN3OS/c12-9-4-1-8(2-5-9)3-6-10(16)14-11-15-13-7-17-11/h1-7H,(H,14,15,16). The van der Waals surface area contributed by atoms with Crippen molar-refractivity contribution in [2.75, 3.05) is 5.32 Å². The van der Waals surface area contributed by atoms with Gasteiger partial charge in [0, 0.05) is 6.08 Å². The quantitative estimate of drug-likeness (QED) is 0.849. The highest BCUT2D eigenvalue weighted by atomic mass is 32.1. The highest BCUT2D eigenvalue weighted by Gasteiger charge is 1.99. The summed E-state index contributed by atoms with van der Waals surface area (Å²) >= 11 is 1.24. The molecule has 0 saturated carbocycles. The van der Waals surface area contributed by atoms with Crippen LogP contribution in [0.1, 0.15) is 5.56 Å². The summed E-state index contributed by atoms with van der Waals surface area (Å²) < 4.78 is 12.6. The van der Waals surface area contributed by atoms with E-state index in [0.717, 1.165) is 5.56 Å². The number of anilines is 1. The molecule has 0 unspecified atom stereocenters. The van der Waals surface area contributed by atoms with E-state index in [1.165, 1.54) is 35.1 Å². The molecule has 86 valence electrons. The predicted molar refractivity (Wildman–Crippen MR) is 64.0 cm³/mol. The zero-order valence-corrected chi connectivity index (χ0v) is 9.45. The van der Waals surface area contributed by atoms with Gasteiger partial charge in [-0.05, 0) is 23.8 Å². The van der Waals surface area contributed by atoms with Crippen molar-refractivity contribution < 1.29 is 9.18 Å². The molecule has 0 aliphatic rings. The number of amides is 1. The average Bonchev–Trinajstić information content (AvgIpc) is 2.81. The van der Waals surface area contributed by atoms with Gasteiger partial charge in [-0.25, -0.2) is 4.39 Å². The molecule has 0 bridgehead atoms. The van der Waals surface area contributed by atoms with Gasteiger partial charge in [-0.2, -0.15) is 0 Å². The minimum Gasteiger partial charge on any atom is -0.297 e. The van der Waals surface area contributed by atoms with Gasteiger partial charge in [-0.1, -0.05) is 23.5 Å². The van der Waals surface area contributed by atoms with Crippen LogP contribution in [0.4, 0.5) is 9.52 Å². The van der Waals surface area contributed by atoms with Gasteiger partial charge in [-0.3, -0.25) is 10.1 Å². The van der Waals surface area contributed by atoms with E-state index in [4.69, 9.17) is 0 Å². The molecule has 0 aliphatic carbocycles. The zero-order valence-electron chi connectivity index (χ0n) is 8.63. The number of nitrogens with zero attached hydrogens (tertiary/aromatic N) is 2. The van der Waals surface area contributed by atoms with Crippen LogP contribution in [0.15, 0.2) is 35.9 Å². The molecule has 1 heterocycles. The number of hydrogen-bond acceptors (Lipinski definition) is 4. The molecule has 4 nitrogen and oxygen atoms in total. The van der Waals surface area contributed by atoms with Crippen LogP contribution in [0.2, 0.25) is 0 Å². The molecule has 1 aromatic carbocycles. The lowest BCUT2D eigenvalue weighted by Gasteiger charge is -1.95. The fraction of sp³-hybridized carbons (Fsp3) is 0. The Morgan fingerprint density at radius 3 is 2.76 bits per heavy atom. The van der Waals surface area contributed by atoms with E-state index in [1.54, 1.807) is 18.2 Å². The lowest BCUT2D eigenvalue weighted by atomic mass is 10.2. The number of benzene rings is 1. The Morgan fingerprint density at radius 2 is 2.12 bits per heavy atom. The summed E-state index contributed by atoms with van der Waals surface area (Å²) in [5, 5.41) is 10.3. The normalized spacial score (nSPS) is 10.6. The fourth-order valence-corrected chi connectivity index (χ4v) is 1.57. The molecule has 0 aliphatic heterocycles. The first kappa shape index (κ1) is 11.4. The Morgan fingerprint density at radius 1 is 1.35 bits per heavy atom. The number of halogens is 1. The number of rotatable bonds is 3. The van der Waals surface area contributed by atoms with Gasteiger partial charge in [-0.15, -0.1) is 10.2 Å². The molecule has 0 spiro atoms. The van der Waals surface area contributed by atoms with Crippen LogP contribution in [-0.2, 0) is 4.79 Å². The minimum atomic E-state index is -0.305. The van der Waals surface area contributed by atoms with Crippen molar-refractivity contribution in [2.45, 2.75) is 0 Å². The lowest BCUT2D eigenvalue weighted by Crippen LogP contribution is -2.07. The molecule has 6 heteroatoms. The monoisotopic (exact) mass is 249 g/mol. The molecule has 17 heavy (non-hydrogen) atoms. The first-order chi connectivity index (χ1) is 8.24. The summed E-state index contributed by atoms with van der Waals surface area (Å²) in [6.45, 7) is 0. The number of carbonyl (C=O) groups is 1. The second-order valence-corrected chi connectivity index (χ2v) is 3.95. The molecular weight excluding hydrogens is 241 g/mol. The highest BCUT2D eigenvalue weighted by Crippen LogP contribution is 2.08. The van der Waals surface area contributed by atoms with E-state index in [0.29, 0.717) is 5.13 Å². The van der Waals surface area contributed by atoms with Crippen molar-refractivity contribution in [3.63, 3.8) is 0 Å². The lowest BCUT2D eigenvalue weighted by molar-refractivity contribution is -0.111. The van der Waals surface area contributed by atoms with Crippen LogP contribution in [0.5, 0.6) is 0 Å². The fourth-order valence-electron chi connectivity index (χ4n) is 1.12. The smallest absolute Gasteiger partial charge is 0.250 e. The number of aromatic nitrogens is 2. The molecule has 2 aromatic rings. The molecule has 0 fully saturated rings. The van der Waals surface area contributed by atoms with Gasteiger partial charge >= 0.3 is 0 Å². The summed E-state index contributed by atoms with van der Waals surface area (Å²) in [6, 6.07) is 5.85. The van der Waals surface area contributed by atoms with Crippen molar-refractivity contribution in [2.24, 2.45) is 0 Å². The van der Waals surface area contributed by atoms with Gasteiger partial charge in [0.2, 0.25) is 11.0 Å². The Hall–Kier alpha value is -2.08. The van der Waals surface area contributed by atoms with E-state index in [2.05, 4.69) is 15.5 Å². The molecule has 2 rings (SSSR count). The summed E-state index contributed by atoms with van der Waals surface area (Å²) in [4.78, 5) is 11.4. The average molecular weight is 249 g/mol. The zero-order chi connectivity index (χ0) is 12.1. The van der Waals surface area contributed by atoms with Gasteiger partial charge in [0.15, 0.2) is 0 Å². The third kappa shape index (κ3) is 3.46. The van der Waals surface area contributed by atoms with Crippen LogP contribution in [0.25, 0.3) is 6.08 Å². The molecule has 0 atom stereocenters. The van der Waals surface area contributed by atoms with Crippen molar-refractivity contribution >= 4 is 28.5 Å². The summed E-state index contributed by atoms with van der Waals surface area (Å²) in [5.74, 6) is -0.605. The van der Waals surface area contributed by atoms with E-state index in [-0.39, 0.29) is 11.7 Å². The third-order valence-corrected chi connectivity index (χ3v) is 2.49. The van der Waals surface area contributed by atoms with Crippen LogP contribution in [0.3, 0.4) is 0 Å². The van der Waals surface area contributed by atoms with Crippen LogP contribution < -0.4 is 5.32 Å². The SMILES string of the molecule is O=C(C=Cc1ccc(F)cc1)Nc1nncs1. The van der Waals surface area contributed by atoms with E-state index in [1.807, 2.05) is 0 Å². The largest absolute Gasteiger partial charge is 0.297 e. The maximum absolute atomic E-state index is 12.6. The molecule has 0 saturated heterocycles. The van der Waals surface area contributed by atoms with E-state index in [9.17, 15) is 9.18 Å². The molecule has 1 aromatic heterocycles. The summed E-state index contributed by atoms with van der Waals surface area (Å²) in [5.41, 5.74) is 2.28. The van der Waals surface area contributed by atoms with E-state index >= 15 is 0 Å². The van der Waals surface area contributed by atoms with Crippen molar-refractivity contribution in [3.8, 4) is 0 Å². The first-order valence-corrected chi connectivity index (χ1v) is 5.63. The van der Waals surface area contributed by atoms with Crippen LogP contribution in [-0.4, -0.2) is 16.1 Å². The Kier molecular flexibility index (Phi) is 3.56. The predicted octanol–water partition coefficient (Wildman–Crippen LogP) is 2.33. The number of nitrogens with one attached hydrogen (secondary N) is 1. The van der Waals surface area contributed by atoms with Crippen molar-refractivity contribution in [3.05, 3.63) is 47.2 Å². The summed E-state index contributed by atoms with van der Waals surface area (Å²) in [7, 11) is 0. The molecule has 0 radical (unpaired) electrons. The Labute approximate surface area is 101 Å². The minimum absolute atomic E-state index is 0.300. The van der Waals surface area contributed by atoms with Crippen molar-refractivity contribution in [1.29, 1.82) is 0 Å². The highest BCUT2D eigenvalue weighted by molar-refractivity contribution is 7.13. The Bertz CT molecular complexity index is 522. The van der Waals surface area contributed by atoms with Gasteiger partial charge < -0.3 is 0 Å². The van der Waals surface area contributed by atoms with Gasteiger partial charge in [0.25, 0.3) is 0 Å². The first-order valence-electron chi connectivity index (χ1n) is 4.75. The van der Waals surface area contributed by atoms with E-state index < -0.39 is 0 Å². The second-order valence-electron chi connectivity index (χ2n) is 3.12. The Balaban J connectivity index is 1.96. The molecule has 1 amide bonds. The maximum Gasteiger partial charge on any atom is 0.250 e. The van der Waals surface area contributed by atoms with Gasteiger partial charge in [0.05, 0.1) is 0 Å². The van der Waals surface area contributed by atoms with Gasteiger partial charge in [0.1, 0.15) is 11.3 Å². The topological polar surface area (TPSA) is 54.9 Å². The third-order valence-electron chi connectivity index (χ3n) is 1.89. The second kappa shape index (κ2) is 5.31. The maximum atomic E-state index is 12.6. The summed E-state index contributed by atoms with van der Waals surface area (Å²) in [6.07, 6.45) is 2.95. The number of hydrogen-bond donors (Lipinski definition) is 1. The number of carbonyl (C=O) groups excluding carboxylic acids is 1. The van der Waals surface area contributed by atoms with Crippen molar-refractivity contribution in [1.82, 2.24) is 10.2 Å². The molecular formula is C11H8FN3OS. The van der Waals surface area contributed by atoms with Crippen LogP contribution in [0, 0.1) is 5.82 Å². The molecule has 1 N–H and O–H groups in total. The van der Waals surface area contributed by atoms with Crippen LogP contribution >= 0.6 is 11.3 Å².